The highest BCUT2D eigenvalue weighted by molar-refractivity contribution is 6.32. The Balaban J connectivity index is 0.0000000999. The Morgan fingerprint density at radius 1 is 0.136 bits per heavy atom. The van der Waals surface area contributed by atoms with Crippen molar-refractivity contribution in [2.45, 2.75) is 0 Å². The molecule has 9 aromatic heterocycles. The number of hydrogen-bond acceptors (Lipinski definition) is 3. The molecule has 0 amide bonds. The Morgan fingerprint density at radius 2 is 0.456 bits per heavy atom. The van der Waals surface area contributed by atoms with Gasteiger partial charge in [-0.15, -0.1) is 0 Å². The van der Waals surface area contributed by atoms with Crippen molar-refractivity contribution < 1.29 is 13.3 Å². The van der Waals surface area contributed by atoms with E-state index in [1.807, 2.05) is 30.3 Å². The van der Waals surface area contributed by atoms with Crippen LogP contribution in [0.1, 0.15) is 0 Å². The smallest absolute Gasteiger partial charge is 0.143 e. The summed E-state index contributed by atoms with van der Waals surface area (Å²) in [5, 5.41) is 29.2. The van der Waals surface area contributed by atoms with Gasteiger partial charge in [-0.1, -0.05) is 376 Å². The van der Waals surface area contributed by atoms with Gasteiger partial charge in [-0.05, 0) is 172 Å². The van der Waals surface area contributed by atoms with E-state index in [9.17, 15) is 0 Å². The maximum atomic E-state index is 6.53. The number of hydrogen-bond donors (Lipinski definition) is 0. The predicted molar refractivity (Wildman–Crippen MR) is 616 cm³/mol. The van der Waals surface area contributed by atoms with E-state index < -0.39 is 0 Å². The van der Waals surface area contributed by atoms with Crippen molar-refractivity contribution >= 4 is 229 Å². The number of nitrogens with zero attached hydrogens (tertiary/aromatic N) is 6. The molecule has 0 unspecified atom stereocenters. The molecule has 0 aliphatic heterocycles. The van der Waals surface area contributed by atoms with Gasteiger partial charge in [0.05, 0.1) is 71.9 Å². The van der Waals surface area contributed by atoms with Gasteiger partial charge in [0.25, 0.3) is 0 Å². The quantitative estimate of drug-likeness (QED) is 0.145. The monoisotopic (exact) mass is 1870 g/mol. The highest BCUT2D eigenvalue weighted by Gasteiger charge is 2.29. The zero-order chi connectivity index (χ0) is 96.2. The van der Waals surface area contributed by atoms with Gasteiger partial charge in [0, 0.05) is 153 Å². The molecule has 0 N–H and O–H groups in total. The SMILES string of the molecule is c1ccc(-n2c3ccc4c5ccccc5n(-c5ccc(-c6cccc7c6oc6ccccc67)cc5)c4c3c3ccc4ccccc4c32)cc1.c1ccc(-n2c3ccccc3c3c2ccc2c4ccccc4n(-c4ccc(-c5cccc6c5oc5ccccc56)c5ccccc45)c23)cc1.c1ccc2cc(-n3c4ccccc4c4c3ccc3c5ccccc5n(-c5ccc(-c6cccc7c6oc6ccccc67)cc5)c34)ccc2c1. The second-order valence-corrected chi connectivity index (χ2v) is 38.7. The lowest BCUT2D eigenvalue weighted by molar-refractivity contribution is 0.669. The summed E-state index contributed by atoms with van der Waals surface area (Å²) in [5.74, 6) is 0. The largest absolute Gasteiger partial charge is 0.455 e. The third-order valence-corrected chi connectivity index (χ3v) is 30.9. The number of para-hydroxylation sites is 13. The standard InChI is InChI=1S/3C46H28N2O/c1-2-11-31-28-33(25-20-29(31)10-1)47-41-18-7-4-14-39(41)44-42(47)27-26-37-35-12-3-6-17-40(35)48(45(37)44)32-23-21-30(22-24-32)34-15-9-16-38-36-13-5-8-19-43(36)49-46(34)38;1-2-13-29(14-3-1)47-40-23-10-7-19-38(40)44-42(47)28-26-35-33-17-6-9-22-39(33)48(45(35)44)41-27-25-31(30-15-4-5-16-32(30)41)36-20-12-21-37-34-18-8-11-24-43(34)49-46(36)37;1-2-12-31(13-3-1)48-41-28-27-37-35-15-6-8-19-40(35)47(45(37)43(41)39-26-23-29-11-4-5-14-33(29)44(39)48)32-24-21-30(22-25-32)34-17-10-18-38-36-16-7-9-20-42(36)49-46(34)38/h3*1-28H. The zero-order valence-corrected chi connectivity index (χ0v) is 79.4. The molecule has 0 bridgehead atoms. The molecule has 9 heteroatoms. The van der Waals surface area contributed by atoms with Gasteiger partial charge in [-0.25, -0.2) is 0 Å². The van der Waals surface area contributed by atoms with Gasteiger partial charge in [0.15, 0.2) is 0 Å². The van der Waals surface area contributed by atoms with Crippen LogP contribution in [0.15, 0.2) is 523 Å². The fourth-order valence-corrected chi connectivity index (χ4v) is 24.6. The normalized spacial score (nSPS) is 12.1. The van der Waals surface area contributed by atoms with Crippen LogP contribution >= 0.6 is 0 Å². The molecule has 0 saturated heterocycles. The average molecular weight is 1870 g/mol. The van der Waals surface area contributed by atoms with Crippen LogP contribution in [0.3, 0.4) is 0 Å². The summed E-state index contributed by atoms with van der Waals surface area (Å²) in [6, 6.07) is 184. The van der Waals surface area contributed by atoms with Gasteiger partial charge in [0.2, 0.25) is 0 Å². The summed E-state index contributed by atoms with van der Waals surface area (Å²) in [5.41, 5.74) is 33.6. The molecule has 0 aliphatic rings. The summed E-state index contributed by atoms with van der Waals surface area (Å²) >= 11 is 0. The molecule has 33 rings (SSSR count). The molecule has 0 radical (unpaired) electrons. The van der Waals surface area contributed by atoms with Crippen LogP contribution < -0.4 is 0 Å². The van der Waals surface area contributed by atoms with E-state index in [0.717, 1.165) is 133 Å². The van der Waals surface area contributed by atoms with Crippen LogP contribution in [0.5, 0.6) is 0 Å². The van der Waals surface area contributed by atoms with Crippen LogP contribution in [0, 0.1) is 0 Å². The van der Waals surface area contributed by atoms with Crippen molar-refractivity contribution in [3.63, 3.8) is 0 Å². The highest BCUT2D eigenvalue weighted by atomic mass is 16.3. The number of benzene rings is 24. The van der Waals surface area contributed by atoms with E-state index >= 15 is 0 Å². The average Bonchev–Trinajstić information content (AvgIpc) is 1.52. The van der Waals surface area contributed by atoms with Gasteiger partial charge >= 0.3 is 0 Å². The first kappa shape index (κ1) is 82.0. The Bertz CT molecular complexity index is 11300. The van der Waals surface area contributed by atoms with Crippen molar-refractivity contribution in [2.24, 2.45) is 0 Å². The molecule has 33 aromatic rings. The van der Waals surface area contributed by atoms with E-state index in [0.29, 0.717) is 0 Å². The Hall–Kier alpha value is -19.7. The summed E-state index contributed by atoms with van der Waals surface area (Å²) in [4.78, 5) is 0. The molecular weight excluding hydrogens is 1790 g/mol. The van der Waals surface area contributed by atoms with Crippen molar-refractivity contribution in [2.75, 3.05) is 0 Å². The molecular formula is C138H84N6O3. The van der Waals surface area contributed by atoms with E-state index in [1.54, 1.807) is 0 Å². The molecule has 24 aromatic carbocycles. The minimum Gasteiger partial charge on any atom is -0.455 e. The minimum absolute atomic E-state index is 0.912. The molecule has 0 saturated carbocycles. The van der Waals surface area contributed by atoms with Crippen LogP contribution in [0.4, 0.5) is 0 Å². The second-order valence-electron chi connectivity index (χ2n) is 38.7. The molecule has 9 heterocycles. The molecule has 9 nitrogen and oxygen atoms in total. The first-order chi connectivity index (χ1) is 73.0. The maximum Gasteiger partial charge on any atom is 0.143 e. The topological polar surface area (TPSA) is 69.0 Å². The van der Waals surface area contributed by atoms with Crippen molar-refractivity contribution in [3.05, 3.63) is 510 Å². The fourth-order valence-electron chi connectivity index (χ4n) is 24.6. The molecule has 684 valence electrons. The second kappa shape index (κ2) is 32.4. The van der Waals surface area contributed by atoms with Crippen molar-refractivity contribution in [3.8, 4) is 67.5 Å². The summed E-state index contributed by atoms with van der Waals surface area (Å²) in [6.07, 6.45) is 0. The highest BCUT2D eigenvalue weighted by Crippen LogP contribution is 2.51. The van der Waals surface area contributed by atoms with Crippen molar-refractivity contribution in [1.82, 2.24) is 27.4 Å². The van der Waals surface area contributed by atoms with E-state index in [-0.39, 0.29) is 0 Å². The third-order valence-electron chi connectivity index (χ3n) is 30.9. The number of rotatable bonds is 9. The third kappa shape index (κ3) is 12.4. The first-order valence-corrected chi connectivity index (χ1v) is 50.3. The lowest BCUT2D eigenvalue weighted by Gasteiger charge is -2.15. The Morgan fingerprint density at radius 3 is 0.952 bits per heavy atom. The van der Waals surface area contributed by atoms with Crippen LogP contribution in [0.2, 0.25) is 0 Å². The van der Waals surface area contributed by atoms with Crippen molar-refractivity contribution in [1.29, 1.82) is 0 Å². The van der Waals surface area contributed by atoms with Gasteiger partial charge in [-0.2, -0.15) is 0 Å². The Labute approximate surface area is 840 Å². The van der Waals surface area contributed by atoms with E-state index in [4.69, 9.17) is 13.3 Å². The van der Waals surface area contributed by atoms with E-state index in [1.165, 1.54) is 163 Å². The summed E-state index contributed by atoms with van der Waals surface area (Å²) in [6.45, 7) is 0. The molecule has 0 spiro atoms. The summed E-state index contributed by atoms with van der Waals surface area (Å²) in [7, 11) is 0. The fraction of sp³-hybridized carbons (Fsp3) is 0. The predicted octanol–water partition coefficient (Wildman–Crippen LogP) is 37.8. The molecule has 0 fully saturated rings. The lowest BCUT2D eigenvalue weighted by Crippen LogP contribution is -1.97. The van der Waals surface area contributed by atoms with E-state index in [2.05, 4.69) is 507 Å². The molecule has 147 heavy (non-hydrogen) atoms. The lowest BCUT2D eigenvalue weighted by atomic mass is 9.95. The number of aromatic nitrogens is 6. The molecule has 0 atom stereocenters. The van der Waals surface area contributed by atoms with Crippen LogP contribution in [0.25, 0.3) is 296 Å². The van der Waals surface area contributed by atoms with Gasteiger partial charge in [0.1, 0.15) is 33.5 Å². The van der Waals surface area contributed by atoms with Crippen LogP contribution in [-0.2, 0) is 0 Å². The maximum absolute atomic E-state index is 6.53. The van der Waals surface area contributed by atoms with Gasteiger partial charge < -0.3 is 40.7 Å². The number of furan rings is 3. The number of fused-ring (bicyclic) bond motifs is 34. The first-order valence-electron chi connectivity index (χ1n) is 50.3. The summed E-state index contributed by atoms with van der Waals surface area (Å²) < 4.78 is 34.0. The zero-order valence-electron chi connectivity index (χ0n) is 79.4. The minimum atomic E-state index is 0.912. The van der Waals surface area contributed by atoms with Gasteiger partial charge in [-0.3, -0.25) is 0 Å². The van der Waals surface area contributed by atoms with Crippen LogP contribution in [-0.4, -0.2) is 27.4 Å². The molecule has 0 aliphatic carbocycles. The Kier molecular flexibility index (Phi) is 18.1.